The van der Waals surface area contributed by atoms with Gasteiger partial charge in [-0.15, -0.1) is 0 Å². The highest BCUT2D eigenvalue weighted by atomic mass is 16.5. The molecule has 0 bridgehead atoms. The summed E-state index contributed by atoms with van der Waals surface area (Å²) in [5.74, 6) is 1.63. The fourth-order valence-electron chi connectivity index (χ4n) is 4.52. The Hall–Kier alpha value is -3.64. The molecule has 0 saturated heterocycles. The molecule has 0 fully saturated rings. The lowest BCUT2D eigenvalue weighted by Gasteiger charge is -2.25. The minimum absolute atomic E-state index is 0.346. The van der Waals surface area contributed by atoms with Gasteiger partial charge in [-0.05, 0) is 77.0 Å². The van der Waals surface area contributed by atoms with E-state index in [9.17, 15) is 5.11 Å². The Bertz CT molecular complexity index is 1160. The maximum atomic E-state index is 10.3. The molecular weight excluding hydrogens is 462 g/mol. The topological polar surface area (TPSA) is 73.9 Å². The van der Waals surface area contributed by atoms with Crippen molar-refractivity contribution >= 4 is 0 Å². The molecule has 5 nitrogen and oxygen atoms in total. The van der Waals surface area contributed by atoms with Gasteiger partial charge in [0.25, 0.3) is 0 Å². The average Bonchev–Trinajstić information content (AvgIpc) is 2.96. The molecule has 0 heterocycles. The van der Waals surface area contributed by atoms with E-state index in [4.69, 9.17) is 19.9 Å². The molecule has 0 amide bonds. The molecule has 0 saturated carbocycles. The van der Waals surface area contributed by atoms with Crippen LogP contribution in [0, 0.1) is 0 Å². The van der Waals surface area contributed by atoms with Crippen LogP contribution in [0.25, 0.3) is 22.3 Å². The van der Waals surface area contributed by atoms with E-state index < -0.39 is 6.10 Å². The van der Waals surface area contributed by atoms with Gasteiger partial charge in [0.15, 0.2) is 0 Å². The zero-order valence-corrected chi connectivity index (χ0v) is 21.5. The molecule has 37 heavy (non-hydrogen) atoms. The summed E-state index contributed by atoms with van der Waals surface area (Å²) in [6.45, 7) is 0.852. The minimum atomic E-state index is -0.487. The summed E-state index contributed by atoms with van der Waals surface area (Å²) in [6, 6.07) is 32.8. The number of aliphatic hydroxyl groups excluding tert-OH is 1. The Morgan fingerprint density at radius 2 is 1.11 bits per heavy atom. The SMILES string of the molecule is COc1ccc(-c2ccccc2C(OCCC(O)CCN)c2ccccc2-c2ccc(OC)cc2)cc1. The maximum Gasteiger partial charge on any atom is 0.118 e. The van der Waals surface area contributed by atoms with E-state index in [1.807, 2.05) is 48.5 Å². The molecule has 4 aromatic rings. The number of hydrogen-bond acceptors (Lipinski definition) is 5. The van der Waals surface area contributed by atoms with Crippen molar-refractivity contribution in [1.29, 1.82) is 0 Å². The van der Waals surface area contributed by atoms with Gasteiger partial charge in [0, 0.05) is 0 Å². The third kappa shape index (κ3) is 6.57. The Balaban J connectivity index is 1.78. The van der Waals surface area contributed by atoms with Gasteiger partial charge in [-0.1, -0.05) is 72.8 Å². The van der Waals surface area contributed by atoms with Gasteiger partial charge in [-0.25, -0.2) is 0 Å². The van der Waals surface area contributed by atoms with Crippen LogP contribution in [-0.2, 0) is 4.74 Å². The van der Waals surface area contributed by atoms with Crippen molar-refractivity contribution in [3.05, 3.63) is 108 Å². The smallest absolute Gasteiger partial charge is 0.118 e. The summed E-state index contributed by atoms with van der Waals surface area (Å²) in [6.07, 6.45) is 0.239. The summed E-state index contributed by atoms with van der Waals surface area (Å²) in [5.41, 5.74) is 12.1. The van der Waals surface area contributed by atoms with Crippen molar-refractivity contribution in [3.8, 4) is 33.8 Å². The summed E-state index contributed by atoms with van der Waals surface area (Å²) < 4.78 is 17.3. The molecule has 0 aliphatic heterocycles. The number of aliphatic hydroxyl groups is 1. The molecule has 0 radical (unpaired) electrons. The molecule has 3 N–H and O–H groups in total. The predicted molar refractivity (Wildman–Crippen MR) is 149 cm³/mol. The molecule has 1 atom stereocenters. The van der Waals surface area contributed by atoms with E-state index in [0.29, 0.717) is 26.0 Å². The van der Waals surface area contributed by atoms with Crippen molar-refractivity contribution in [2.75, 3.05) is 27.4 Å². The lowest BCUT2D eigenvalue weighted by atomic mass is 9.88. The number of ether oxygens (including phenoxy) is 3. The van der Waals surface area contributed by atoms with Gasteiger partial charge in [-0.3, -0.25) is 0 Å². The molecule has 4 rings (SSSR count). The van der Waals surface area contributed by atoms with Crippen molar-refractivity contribution in [2.24, 2.45) is 5.73 Å². The van der Waals surface area contributed by atoms with Crippen LogP contribution in [0.4, 0.5) is 0 Å². The van der Waals surface area contributed by atoms with Gasteiger partial charge in [0.1, 0.15) is 17.6 Å². The van der Waals surface area contributed by atoms with Crippen LogP contribution in [0.2, 0.25) is 0 Å². The Labute approximate surface area is 219 Å². The molecule has 1 unspecified atom stereocenters. The third-order valence-electron chi connectivity index (χ3n) is 6.52. The van der Waals surface area contributed by atoms with E-state index >= 15 is 0 Å². The second-order valence-electron chi connectivity index (χ2n) is 8.90. The molecule has 0 spiro atoms. The molecule has 192 valence electrons. The van der Waals surface area contributed by atoms with Crippen LogP contribution in [0.5, 0.6) is 11.5 Å². The molecule has 4 aromatic carbocycles. The first-order chi connectivity index (χ1) is 18.1. The number of nitrogens with two attached hydrogens (primary N) is 1. The second kappa shape index (κ2) is 13.1. The van der Waals surface area contributed by atoms with Gasteiger partial charge in [-0.2, -0.15) is 0 Å². The quantitative estimate of drug-likeness (QED) is 0.242. The first-order valence-electron chi connectivity index (χ1n) is 12.6. The third-order valence-corrected chi connectivity index (χ3v) is 6.52. The predicted octanol–water partition coefficient (Wildman–Crippen LogP) is 6.24. The Kier molecular flexibility index (Phi) is 9.33. The van der Waals surface area contributed by atoms with E-state index in [1.165, 1.54) is 0 Å². The van der Waals surface area contributed by atoms with E-state index in [-0.39, 0.29) is 6.10 Å². The number of benzene rings is 4. The van der Waals surface area contributed by atoms with Crippen LogP contribution < -0.4 is 15.2 Å². The highest BCUT2D eigenvalue weighted by Crippen LogP contribution is 2.39. The first kappa shape index (κ1) is 26.4. The summed E-state index contributed by atoms with van der Waals surface area (Å²) in [7, 11) is 3.34. The van der Waals surface area contributed by atoms with Crippen LogP contribution >= 0.6 is 0 Å². The minimum Gasteiger partial charge on any atom is -0.497 e. The standard InChI is InChI=1S/C32H35NO4/c1-35-26-15-11-23(12-16-26)28-7-3-5-9-30(28)32(37-22-20-25(34)19-21-33)31-10-6-4-8-29(31)24-13-17-27(36-2)18-14-24/h3-18,25,32,34H,19-22,33H2,1-2H3. The van der Waals surface area contributed by atoms with Crippen LogP contribution in [0.3, 0.4) is 0 Å². The van der Waals surface area contributed by atoms with Gasteiger partial charge in [0.05, 0.1) is 26.9 Å². The number of hydrogen-bond donors (Lipinski definition) is 2. The molecule has 5 heteroatoms. The van der Waals surface area contributed by atoms with E-state index in [2.05, 4.69) is 48.5 Å². The fraction of sp³-hybridized carbons (Fsp3) is 0.250. The zero-order chi connectivity index (χ0) is 26.0. The monoisotopic (exact) mass is 497 g/mol. The van der Waals surface area contributed by atoms with Crippen LogP contribution in [0.15, 0.2) is 97.1 Å². The van der Waals surface area contributed by atoms with Crippen molar-refractivity contribution in [1.82, 2.24) is 0 Å². The van der Waals surface area contributed by atoms with Crippen molar-refractivity contribution < 1.29 is 19.3 Å². The zero-order valence-electron chi connectivity index (χ0n) is 21.5. The van der Waals surface area contributed by atoms with Crippen molar-refractivity contribution in [3.63, 3.8) is 0 Å². The lowest BCUT2D eigenvalue weighted by Crippen LogP contribution is -2.17. The highest BCUT2D eigenvalue weighted by Gasteiger charge is 2.23. The molecule has 0 aliphatic carbocycles. The number of methoxy groups -OCH3 is 2. The Morgan fingerprint density at radius 3 is 1.54 bits per heavy atom. The number of rotatable bonds is 12. The summed E-state index contributed by atoms with van der Waals surface area (Å²) in [5, 5.41) is 10.3. The largest absolute Gasteiger partial charge is 0.497 e. The van der Waals surface area contributed by atoms with Gasteiger partial charge in [0.2, 0.25) is 0 Å². The van der Waals surface area contributed by atoms with Crippen molar-refractivity contribution in [2.45, 2.75) is 25.0 Å². The summed E-state index contributed by atoms with van der Waals surface area (Å²) >= 11 is 0. The molecular formula is C32H35NO4. The van der Waals surface area contributed by atoms with E-state index in [1.54, 1.807) is 14.2 Å². The van der Waals surface area contributed by atoms with E-state index in [0.717, 1.165) is 44.9 Å². The summed E-state index contributed by atoms with van der Waals surface area (Å²) in [4.78, 5) is 0. The Morgan fingerprint density at radius 1 is 0.649 bits per heavy atom. The average molecular weight is 498 g/mol. The second-order valence-corrected chi connectivity index (χ2v) is 8.90. The molecule has 0 aromatic heterocycles. The van der Waals surface area contributed by atoms with Crippen LogP contribution in [-0.4, -0.2) is 38.6 Å². The maximum absolute atomic E-state index is 10.3. The normalized spacial score (nSPS) is 11.9. The van der Waals surface area contributed by atoms with Gasteiger partial charge >= 0.3 is 0 Å². The molecule has 0 aliphatic rings. The first-order valence-corrected chi connectivity index (χ1v) is 12.6. The highest BCUT2D eigenvalue weighted by molar-refractivity contribution is 5.73. The lowest BCUT2D eigenvalue weighted by molar-refractivity contribution is 0.0462. The fourth-order valence-corrected chi connectivity index (χ4v) is 4.52. The van der Waals surface area contributed by atoms with Gasteiger partial charge < -0.3 is 25.1 Å². The van der Waals surface area contributed by atoms with Crippen LogP contribution in [0.1, 0.15) is 30.1 Å².